The minimum absolute atomic E-state index is 0.00363. The lowest BCUT2D eigenvalue weighted by Crippen LogP contribution is -2.64. The summed E-state index contributed by atoms with van der Waals surface area (Å²) in [6.07, 6.45) is 3.48. The highest BCUT2D eigenvalue weighted by molar-refractivity contribution is 5.97. The number of rotatable bonds is 2. The van der Waals surface area contributed by atoms with Crippen LogP contribution in [0.1, 0.15) is 54.2 Å². The molecule has 2 aliphatic rings. The van der Waals surface area contributed by atoms with Crippen molar-refractivity contribution < 1.29 is 9.53 Å². The Morgan fingerprint density at radius 2 is 2.03 bits per heavy atom. The van der Waals surface area contributed by atoms with Crippen molar-refractivity contribution in [2.75, 3.05) is 13.7 Å². The number of methoxy groups -OCH3 is 1. The number of fused-ring (bicyclic) bond motifs is 5. The molecule has 3 aromatic rings. The van der Waals surface area contributed by atoms with Crippen LogP contribution in [-0.4, -0.2) is 40.5 Å². The van der Waals surface area contributed by atoms with Gasteiger partial charge in [0.15, 0.2) is 0 Å². The summed E-state index contributed by atoms with van der Waals surface area (Å²) < 4.78 is 5.63. The third-order valence-corrected chi connectivity index (χ3v) is 8.04. The standard InChI is InChI=1S/C25H29N3O2/c1-15-10-17-12-22-24(2,3)25(4,18(17)13-21(15)30-5)8-9-28(22)23(29)16-6-7-19-20(11-16)27-14-26-19/h6-7,10-11,13-14,22H,8-9,12H2,1-5H3,(H,26,27)/t22-,25+/m0/s1. The molecule has 1 saturated heterocycles. The number of carbonyl (C=O) groups is 1. The first kappa shape index (κ1) is 19.2. The Morgan fingerprint density at radius 1 is 1.23 bits per heavy atom. The number of likely N-dealkylation sites (tertiary alicyclic amines) is 1. The molecule has 1 aliphatic carbocycles. The molecule has 156 valence electrons. The minimum atomic E-state index is -0.0493. The molecule has 2 aromatic carbocycles. The summed E-state index contributed by atoms with van der Waals surface area (Å²) in [4.78, 5) is 23.1. The van der Waals surface area contributed by atoms with Gasteiger partial charge in [0.25, 0.3) is 5.91 Å². The van der Waals surface area contributed by atoms with Gasteiger partial charge in [-0.3, -0.25) is 4.79 Å². The van der Waals surface area contributed by atoms with Crippen LogP contribution in [0.3, 0.4) is 0 Å². The smallest absolute Gasteiger partial charge is 0.254 e. The van der Waals surface area contributed by atoms with E-state index in [1.165, 1.54) is 11.1 Å². The third kappa shape index (κ3) is 2.47. The van der Waals surface area contributed by atoms with Crippen LogP contribution in [0, 0.1) is 12.3 Å². The first-order chi connectivity index (χ1) is 14.3. The first-order valence-corrected chi connectivity index (χ1v) is 10.7. The predicted molar refractivity (Wildman–Crippen MR) is 118 cm³/mol. The number of carbonyl (C=O) groups excluding carboxylic acids is 1. The summed E-state index contributed by atoms with van der Waals surface area (Å²) in [6, 6.07) is 10.4. The largest absolute Gasteiger partial charge is 0.496 e. The Morgan fingerprint density at radius 3 is 2.80 bits per heavy atom. The van der Waals surface area contributed by atoms with Gasteiger partial charge in [-0.25, -0.2) is 4.98 Å². The number of aromatic nitrogens is 2. The second-order valence-electron chi connectivity index (χ2n) is 9.64. The normalized spacial score (nSPS) is 24.6. The molecule has 1 aliphatic heterocycles. The molecule has 2 bridgehead atoms. The lowest BCUT2D eigenvalue weighted by atomic mass is 9.51. The predicted octanol–water partition coefficient (Wildman–Crippen LogP) is 4.63. The zero-order chi connectivity index (χ0) is 21.3. The average Bonchev–Trinajstić information content (AvgIpc) is 3.18. The van der Waals surface area contributed by atoms with Crippen molar-refractivity contribution in [3.8, 4) is 5.75 Å². The Kier molecular flexibility index (Phi) is 4.05. The zero-order valence-electron chi connectivity index (χ0n) is 18.4. The van der Waals surface area contributed by atoms with E-state index >= 15 is 0 Å². The third-order valence-electron chi connectivity index (χ3n) is 8.04. The number of nitrogens with zero attached hydrogens (tertiary/aromatic N) is 2. The molecule has 0 saturated carbocycles. The van der Waals surface area contributed by atoms with Crippen LogP contribution >= 0.6 is 0 Å². The number of aryl methyl sites for hydroxylation is 1. The van der Waals surface area contributed by atoms with E-state index in [2.05, 4.69) is 54.7 Å². The van der Waals surface area contributed by atoms with Crippen LogP contribution in [0.5, 0.6) is 5.75 Å². The molecule has 1 amide bonds. The Bertz CT molecular complexity index is 1160. The molecule has 5 rings (SSSR count). The van der Waals surface area contributed by atoms with Gasteiger partial charge >= 0.3 is 0 Å². The quantitative estimate of drug-likeness (QED) is 0.678. The van der Waals surface area contributed by atoms with Crippen molar-refractivity contribution in [2.45, 2.75) is 52.0 Å². The number of aromatic amines is 1. The molecule has 0 radical (unpaired) electrons. The summed E-state index contributed by atoms with van der Waals surface area (Å²) in [5.74, 6) is 1.07. The average molecular weight is 404 g/mol. The van der Waals surface area contributed by atoms with E-state index in [4.69, 9.17) is 4.74 Å². The van der Waals surface area contributed by atoms with E-state index < -0.39 is 0 Å². The van der Waals surface area contributed by atoms with Gasteiger partial charge in [-0.1, -0.05) is 26.8 Å². The Balaban J connectivity index is 1.57. The number of H-pyrrole nitrogens is 1. The monoisotopic (exact) mass is 403 g/mol. The van der Waals surface area contributed by atoms with Gasteiger partial charge in [-0.2, -0.15) is 0 Å². The van der Waals surface area contributed by atoms with E-state index in [-0.39, 0.29) is 22.8 Å². The second-order valence-corrected chi connectivity index (χ2v) is 9.64. The highest BCUT2D eigenvalue weighted by atomic mass is 16.5. The first-order valence-electron chi connectivity index (χ1n) is 10.7. The van der Waals surface area contributed by atoms with Crippen molar-refractivity contribution in [2.24, 2.45) is 5.41 Å². The van der Waals surface area contributed by atoms with E-state index in [1.54, 1.807) is 13.4 Å². The molecule has 2 heterocycles. The number of hydrogen-bond donors (Lipinski definition) is 1. The minimum Gasteiger partial charge on any atom is -0.496 e. The maximum atomic E-state index is 13.6. The Hall–Kier alpha value is -2.82. The molecule has 30 heavy (non-hydrogen) atoms. The summed E-state index contributed by atoms with van der Waals surface area (Å²) >= 11 is 0. The van der Waals surface area contributed by atoms with Crippen LogP contribution in [0.4, 0.5) is 0 Å². The number of benzene rings is 2. The SMILES string of the molecule is COc1cc2c(cc1C)C[C@@H]1N(C(=O)c3ccc4nc[nH]c4c3)CC[C@@]2(C)C1(C)C. The van der Waals surface area contributed by atoms with E-state index in [9.17, 15) is 4.79 Å². The van der Waals surface area contributed by atoms with Gasteiger partial charge in [0.05, 0.1) is 24.5 Å². The second kappa shape index (κ2) is 6.34. The van der Waals surface area contributed by atoms with Crippen LogP contribution in [0.25, 0.3) is 11.0 Å². The maximum Gasteiger partial charge on any atom is 0.254 e. The van der Waals surface area contributed by atoms with Crippen LogP contribution in [-0.2, 0) is 11.8 Å². The summed E-state index contributed by atoms with van der Waals surface area (Å²) in [5, 5.41) is 0. The van der Waals surface area contributed by atoms with E-state index in [1.807, 2.05) is 18.2 Å². The van der Waals surface area contributed by atoms with E-state index in [0.717, 1.165) is 47.3 Å². The fourth-order valence-electron chi connectivity index (χ4n) is 5.76. The number of nitrogens with one attached hydrogen (secondary N) is 1. The molecule has 1 fully saturated rings. The van der Waals surface area contributed by atoms with Gasteiger partial charge in [-0.15, -0.1) is 0 Å². The molecule has 0 spiro atoms. The molecule has 5 heteroatoms. The molecule has 5 nitrogen and oxygen atoms in total. The summed E-state index contributed by atoms with van der Waals surface area (Å²) in [7, 11) is 1.74. The van der Waals surface area contributed by atoms with Crippen molar-refractivity contribution in [1.82, 2.24) is 14.9 Å². The van der Waals surface area contributed by atoms with Crippen LogP contribution in [0.2, 0.25) is 0 Å². The highest BCUT2D eigenvalue weighted by Gasteiger charge is 2.57. The number of imidazole rings is 1. The topological polar surface area (TPSA) is 58.2 Å². The van der Waals surface area contributed by atoms with E-state index in [0.29, 0.717) is 0 Å². The fourth-order valence-corrected chi connectivity index (χ4v) is 5.76. The summed E-state index contributed by atoms with van der Waals surface area (Å²) in [6.45, 7) is 9.87. The number of amides is 1. The van der Waals surface area contributed by atoms with Gasteiger partial charge in [0.1, 0.15) is 5.75 Å². The number of ether oxygens (including phenoxy) is 1. The van der Waals surface area contributed by atoms with Crippen molar-refractivity contribution >= 4 is 16.9 Å². The molecular formula is C25H29N3O2. The van der Waals surface area contributed by atoms with Crippen LogP contribution in [0.15, 0.2) is 36.7 Å². The van der Waals surface area contributed by atoms with Gasteiger partial charge < -0.3 is 14.6 Å². The van der Waals surface area contributed by atoms with Crippen molar-refractivity contribution in [3.63, 3.8) is 0 Å². The van der Waals surface area contributed by atoms with Crippen LogP contribution < -0.4 is 4.74 Å². The zero-order valence-corrected chi connectivity index (χ0v) is 18.4. The Labute approximate surface area is 177 Å². The van der Waals surface area contributed by atoms with Gasteiger partial charge in [0.2, 0.25) is 0 Å². The number of piperidine rings is 1. The molecule has 1 aromatic heterocycles. The van der Waals surface area contributed by atoms with Gasteiger partial charge in [0, 0.05) is 23.6 Å². The lowest BCUT2D eigenvalue weighted by Gasteiger charge is -2.61. The number of hydrogen-bond acceptors (Lipinski definition) is 3. The highest BCUT2D eigenvalue weighted by Crippen LogP contribution is 2.57. The molecule has 2 atom stereocenters. The molecule has 0 unspecified atom stereocenters. The lowest BCUT2D eigenvalue weighted by molar-refractivity contribution is -0.0263. The maximum absolute atomic E-state index is 13.6. The summed E-state index contributed by atoms with van der Waals surface area (Å²) in [5.41, 5.74) is 6.34. The fraction of sp³-hybridized carbons (Fsp3) is 0.440. The van der Waals surface area contributed by atoms with Gasteiger partial charge in [-0.05, 0) is 66.1 Å². The van der Waals surface area contributed by atoms with Crippen molar-refractivity contribution in [3.05, 3.63) is 58.9 Å². The molecular weight excluding hydrogens is 374 g/mol. The van der Waals surface area contributed by atoms with Crippen molar-refractivity contribution in [1.29, 1.82) is 0 Å². The molecule has 1 N–H and O–H groups in total.